The number of nitrogens with zero attached hydrogens (tertiary/aromatic N) is 1. The summed E-state index contributed by atoms with van der Waals surface area (Å²) in [6.45, 7) is 0.846. The third-order valence-corrected chi connectivity index (χ3v) is 3.82. The van der Waals surface area contributed by atoms with E-state index < -0.39 is 6.10 Å². The molecule has 0 aliphatic carbocycles. The lowest BCUT2D eigenvalue weighted by molar-refractivity contribution is -0.117. The number of hydrogen-bond donors (Lipinski definition) is 2. The van der Waals surface area contributed by atoms with E-state index in [1.54, 1.807) is 19.1 Å². The van der Waals surface area contributed by atoms with Crippen molar-refractivity contribution >= 4 is 11.6 Å². The largest absolute Gasteiger partial charge is 0.389 e. The van der Waals surface area contributed by atoms with Crippen LogP contribution in [0.1, 0.15) is 11.1 Å². The summed E-state index contributed by atoms with van der Waals surface area (Å²) in [6, 6.07) is 18.0. The zero-order valence-electron chi connectivity index (χ0n) is 14.8. The van der Waals surface area contributed by atoms with Crippen LogP contribution in [0, 0.1) is 0 Å². The Bertz CT molecular complexity index is 661. The normalized spacial score (nSPS) is 12.2. The van der Waals surface area contributed by atoms with Crippen molar-refractivity contribution in [2.45, 2.75) is 12.5 Å². The summed E-state index contributed by atoms with van der Waals surface area (Å²) < 4.78 is 4.90. The van der Waals surface area contributed by atoms with E-state index in [-0.39, 0.29) is 19.1 Å². The molecule has 2 aromatic carbocycles. The number of aliphatic hydroxyl groups is 1. The number of hydrogen-bond acceptors (Lipinski definition) is 4. The summed E-state index contributed by atoms with van der Waals surface area (Å²) in [4.78, 5) is 14.1. The lowest BCUT2D eigenvalue weighted by Gasteiger charge is -2.20. The first-order valence-electron chi connectivity index (χ1n) is 8.35. The fraction of sp³-hybridized carbons (Fsp3) is 0.350. The summed E-state index contributed by atoms with van der Waals surface area (Å²) in [6.07, 6.45) is 0.160. The number of ether oxygens (including phenoxy) is 1. The van der Waals surface area contributed by atoms with Gasteiger partial charge < -0.3 is 15.2 Å². The quantitative estimate of drug-likeness (QED) is 0.733. The first-order chi connectivity index (χ1) is 12.1. The molecule has 1 atom stereocenters. The van der Waals surface area contributed by atoms with Gasteiger partial charge in [-0.05, 0) is 30.7 Å². The summed E-state index contributed by atoms with van der Waals surface area (Å²) in [5, 5.41) is 12.7. The van der Waals surface area contributed by atoms with Gasteiger partial charge in [0.15, 0.2) is 0 Å². The van der Waals surface area contributed by atoms with Gasteiger partial charge in [0, 0.05) is 19.3 Å². The maximum Gasteiger partial charge on any atom is 0.238 e. The van der Waals surface area contributed by atoms with Gasteiger partial charge in [0.1, 0.15) is 0 Å². The zero-order chi connectivity index (χ0) is 18.1. The second-order valence-corrected chi connectivity index (χ2v) is 6.17. The number of carbonyl (C=O) groups excluding carboxylic acids is 1. The Morgan fingerprint density at radius 3 is 2.56 bits per heavy atom. The lowest BCUT2D eigenvalue weighted by atomic mass is 10.0. The molecule has 5 heteroatoms. The number of amides is 1. The summed E-state index contributed by atoms with van der Waals surface area (Å²) in [5.41, 5.74) is 3.09. The van der Waals surface area contributed by atoms with Gasteiger partial charge in [0.2, 0.25) is 5.91 Å². The van der Waals surface area contributed by atoms with Crippen molar-refractivity contribution in [2.75, 3.05) is 39.2 Å². The van der Waals surface area contributed by atoms with Gasteiger partial charge in [-0.25, -0.2) is 0 Å². The zero-order valence-corrected chi connectivity index (χ0v) is 14.8. The monoisotopic (exact) mass is 342 g/mol. The average Bonchev–Trinajstić information content (AvgIpc) is 2.57. The number of aliphatic hydroxyl groups excluding tert-OH is 1. The van der Waals surface area contributed by atoms with E-state index in [0.29, 0.717) is 6.54 Å². The highest BCUT2D eigenvalue weighted by Crippen LogP contribution is 2.19. The van der Waals surface area contributed by atoms with Crippen molar-refractivity contribution in [1.82, 2.24) is 4.90 Å². The van der Waals surface area contributed by atoms with Gasteiger partial charge >= 0.3 is 0 Å². The van der Waals surface area contributed by atoms with Crippen LogP contribution >= 0.6 is 0 Å². The van der Waals surface area contributed by atoms with Crippen molar-refractivity contribution < 1.29 is 14.6 Å². The topological polar surface area (TPSA) is 61.8 Å². The summed E-state index contributed by atoms with van der Waals surface area (Å²) in [7, 11) is 3.34. The molecule has 2 rings (SSSR count). The molecule has 0 heterocycles. The summed E-state index contributed by atoms with van der Waals surface area (Å²) in [5.74, 6) is -0.104. The van der Waals surface area contributed by atoms with Crippen LogP contribution in [-0.2, 0) is 16.0 Å². The molecule has 1 unspecified atom stereocenters. The highest BCUT2D eigenvalue weighted by atomic mass is 16.5. The van der Waals surface area contributed by atoms with Crippen molar-refractivity contribution in [3.63, 3.8) is 0 Å². The Kier molecular flexibility index (Phi) is 7.60. The van der Waals surface area contributed by atoms with Crippen LogP contribution in [0.15, 0.2) is 54.6 Å². The molecule has 0 bridgehead atoms. The molecule has 0 radical (unpaired) electrons. The predicted molar refractivity (Wildman–Crippen MR) is 99.7 cm³/mol. The number of carbonyl (C=O) groups is 1. The van der Waals surface area contributed by atoms with E-state index >= 15 is 0 Å². The van der Waals surface area contributed by atoms with E-state index in [1.165, 1.54) is 5.56 Å². The first-order valence-corrected chi connectivity index (χ1v) is 8.35. The van der Waals surface area contributed by atoms with Crippen molar-refractivity contribution in [1.29, 1.82) is 0 Å². The minimum atomic E-state index is -0.604. The minimum Gasteiger partial charge on any atom is -0.389 e. The fourth-order valence-electron chi connectivity index (χ4n) is 2.72. The first kappa shape index (κ1) is 19.1. The van der Waals surface area contributed by atoms with Crippen LogP contribution in [0.25, 0.3) is 0 Å². The molecule has 0 spiro atoms. The van der Waals surface area contributed by atoms with Crippen LogP contribution < -0.4 is 5.32 Å². The molecule has 0 saturated carbocycles. The van der Waals surface area contributed by atoms with Crippen LogP contribution in [0.4, 0.5) is 5.69 Å². The molecule has 2 aromatic rings. The summed E-state index contributed by atoms with van der Waals surface area (Å²) >= 11 is 0. The fourth-order valence-corrected chi connectivity index (χ4v) is 2.72. The number of anilines is 1. The maximum atomic E-state index is 12.3. The average molecular weight is 342 g/mol. The molecule has 134 valence electrons. The second-order valence-electron chi connectivity index (χ2n) is 6.17. The van der Waals surface area contributed by atoms with E-state index in [2.05, 4.69) is 17.4 Å². The SMILES string of the molecule is COCC(O)CN(C)CC(=O)Nc1ccccc1Cc1ccccc1. The van der Waals surface area contributed by atoms with Gasteiger partial charge in [-0.15, -0.1) is 0 Å². The number of nitrogens with one attached hydrogen (secondary N) is 1. The number of rotatable bonds is 9. The van der Waals surface area contributed by atoms with E-state index in [0.717, 1.165) is 17.7 Å². The standard InChI is InChI=1S/C20H26N2O3/c1-22(13-18(23)15-25-2)14-20(24)21-19-11-7-6-10-17(19)12-16-8-4-3-5-9-16/h3-11,18,23H,12-15H2,1-2H3,(H,21,24). The number of methoxy groups -OCH3 is 1. The van der Waals surface area contributed by atoms with Crippen LogP contribution in [0.3, 0.4) is 0 Å². The van der Waals surface area contributed by atoms with Gasteiger partial charge in [-0.1, -0.05) is 48.5 Å². The van der Waals surface area contributed by atoms with Gasteiger partial charge in [0.05, 0.1) is 19.3 Å². The lowest BCUT2D eigenvalue weighted by Crippen LogP contribution is -2.37. The van der Waals surface area contributed by atoms with E-state index in [1.807, 2.05) is 42.5 Å². The van der Waals surface area contributed by atoms with Crippen LogP contribution in [0.2, 0.25) is 0 Å². The highest BCUT2D eigenvalue weighted by Gasteiger charge is 2.13. The van der Waals surface area contributed by atoms with E-state index in [4.69, 9.17) is 4.74 Å². The van der Waals surface area contributed by atoms with Crippen LogP contribution in [-0.4, -0.2) is 55.9 Å². The molecular weight excluding hydrogens is 316 g/mol. The van der Waals surface area contributed by atoms with E-state index in [9.17, 15) is 9.90 Å². The Balaban J connectivity index is 1.94. The van der Waals surface area contributed by atoms with Crippen molar-refractivity contribution in [2.24, 2.45) is 0 Å². The number of benzene rings is 2. The molecule has 1 amide bonds. The third kappa shape index (κ3) is 6.66. The third-order valence-electron chi connectivity index (χ3n) is 3.82. The second kappa shape index (κ2) is 9.93. The maximum absolute atomic E-state index is 12.3. The number of likely N-dealkylation sites (N-methyl/N-ethyl adjacent to an activating group) is 1. The van der Waals surface area contributed by atoms with Gasteiger partial charge in [-0.3, -0.25) is 9.69 Å². The van der Waals surface area contributed by atoms with Crippen LogP contribution in [0.5, 0.6) is 0 Å². The number of para-hydroxylation sites is 1. The van der Waals surface area contributed by atoms with Crippen molar-refractivity contribution in [3.8, 4) is 0 Å². The molecule has 5 nitrogen and oxygen atoms in total. The molecule has 0 fully saturated rings. The highest BCUT2D eigenvalue weighted by molar-refractivity contribution is 5.93. The molecule has 2 N–H and O–H groups in total. The Morgan fingerprint density at radius 2 is 1.84 bits per heavy atom. The minimum absolute atomic E-state index is 0.104. The molecular formula is C20H26N2O3. The Hall–Kier alpha value is -2.21. The predicted octanol–water partition coefficient (Wildman–Crippen LogP) is 2.16. The van der Waals surface area contributed by atoms with Gasteiger partial charge in [0.25, 0.3) is 0 Å². The molecule has 0 saturated heterocycles. The molecule has 0 aliphatic rings. The molecule has 0 aliphatic heterocycles. The Morgan fingerprint density at radius 1 is 1.16 bits per heavy atom. The smallest absolute Gasteiger partial charge is 0.238 e. The van der Waals surface area contributed by atoms with Gasteiger partial charge in [-0.2, -0.15) is 0 Å². The molecule has 25 heavy (non-hydrogen) atoms. The van der Waals surface area contributed by atoms with Crippen molar-refractivity contribution in [3.05, 3.63) is 65.7 Å². The Labute approximate surface area is 149 Å². The molecule has 0 aromatic heterocycles.